The van der Waals surface area contributed by atoms with E-state index in [0.29, 0.717) is 11.8 Å². The number of thioether (sulfide) groups is 1. The maximum Gasteiger partial charge on any atom is 0.224 e. The summed E-state index contributed by atoms with van der Waals surface area (Å²) in [7, 11) is 0. The lowest BCUT2D eigenvalue weighted by Crippen LogP contribution is -2.45. The molecule has 3 nitrogen and oxygen atoms in total. The summed E-state index contributed by atoms with van der Waals surface area (Å²) in [6.45, 7) is 0.778. The van der Waals surface area contributed by atoms with Gasteiger partial charge in [0.15, 0.2) is 0 Å². The van der Waals surface area contributed by atoms with Crippen molar-refractivity contribution in [2.24, 2.45) is 23.5 Å². The van der Waals surface area contributed by atoms with Crippen molar-refractivity contribution in [3.05, 3.63) is 0 Å². The minimum absolute atomic E-state index is 0.102. The van der Waals surface area contributed by atoms with Gasteiger partial charge in [-0.25, -0.2) is 0 Å². The van der Waals surface area contributed by atoms with Gasteiger partial charge < -0.3 is 11.1 Å². The molecule has 2 saturated carbocycles. The first kappa shape index (κ1) is 11.3. The van der Waals surface area contributed by atoms with Crippen molar-refractivity contribution >= 4 is 17.7 Å². The molecule has 2 rings (SSSR count). The van der Waals surface area contributed by atoms with Gasteiger partial charge in [0.05, 0.1) is 5.92 Å². The Balaban J connectivity index is 1.85. The fourth-order valence-corrected chi connectivity index (χ4v) is 3.43. The van der Waals surface area contributed by atoms with Crippen molar-refractivity contribution in [2.45, 2.75) is 25.3 Å². The molecule has 86 valence electrons. The Morgan fingerprint density at radius 3 is 2.80 bits per heavy atom. The van der Waals surface area contributed by atoms with E-state index in [1.165, 1.54) is 19.3 Å². The van der Waals surface area contributed by atoms with Crippen LogP contribution in [-0.4, -0.2) is 30.5 Å². The third-order valence-electron chi connectivity index (χ3n) is 3.89. The Hall–Kier alpha value is -0.220. The SMILES string of the molecule is CSCCNC(=O)C1C2CCC(C2)C1N. The summed E-state index contributed by atoms with van der Waals surface area (Å²) >= 11 is 1.76. The molecule has 0 aliphatic heterocycles. The summed E-state index contributed by atoms with van der Waals surface area (Å²) in [6.07, 6.45) is 5.68. The predicted octanol–water partition coefficient (Wildman–Crippen LogP) is 0.839. The van der Waals surface area contributed by atoms with E-state index in [9.17, 15) is 4.79 Å². The molecule has 4 unspecified atom stereocenters. The molecule has 0 aromatic carbocycles. The van der Waals surface area contributed by atoms with Crippen molar-refractivity contribution in [1.29, 1.82) is 0 Å². The number of hydrogen-bond donors (Lipinski definition) is 2. The lowest BCUT2D eigenvalue weighted by molar-refractivity contribution is -0.126. The van der Waals surface area contributed by atoms with Crippen LogP contribution in [0.3, 0.4) is 0 Å². The number of carbonyl (C=O) groups is 1. The summed E-state index contributed by atoms with van der Waals surface area (Å²) in [6, 6.07) is 0.123. The van der Waals surface area contributed by atoms with Gasteiger partial charge in [0.1, 0.15) is 0 Å². The second-order valence-corrected chi connectivity index (χ2v) is 5.71. The summed E-state index contributed by atoms with van der Waals surface area (Å²) in [4.78, 5) is 11.9. The van der Waals surface area contributed by atoms with E-state index in [1.807, 2.05) is 0 Å². The third kappa shape index (κ3) is 2.16. The Kier molecular flexibility index (Phi) is 3.57. The Labute approximate surface area is 95.6 Å². The van der Waals surface area contributed by atoms with Crippen LogP contribution in [0.15, 0.2) is 0 Å². The minimum atomic E-state index is 0.102. The zero-order valence-corrected chi connectivity index (χ0v) is 10.1. The Morgan fingerprint density at radius 2 is 2.20 bits per heavy atom. The highest BCUT2D eigenvalue weighted by molar-refractivity contribution is 7.98. The van der Waals surface area contributed by atoms with Crippen LogP contribution < -0.4 is 11.1 Å². The molecule has 2 aliphatic rings. The number of nitrogens with one attached hydrogen (secondary N) is 1. The van der Waals surface area contributed by atoms with Gasteiger partial charge in [-0.2, -0.15) is 11.8 Å². The number of rotatable bonds is 4. The Bertz CT molecular complexity index is 245. The molecule has 0 radical (unpaired) electrons. The van der Waals surface area contributed by atoms with Crippen LogP contribution in [-0.2, 0) is 4.79 Å². The van der Waals surface area contributed by atoms with Crippen molar-refractivity contribution in [3.8, 4) is 0 Å². The molecular formula is C11H20N2OS. The van der Waals surface area contributed by atoms with Crippen LogP contribution in [0, 0.1) is 17.8 Å². The summed E-state index contributed by atoms with van der Waals surface area (Å²) < 4.78 is 0. The first-order valence-electron chi connectivity index (χ1n) is 5.76. The highest BCUT2D eigenvalue weighted by Gasteiger charge is 2.48. The highest BCUT2D eigenvalue weighted by atomic mass is 32.2. The Morgan fingerprint density at radius 1 is 1.47 bits per heavy atom. The largest absolute Gasteiger partial charge is 0.355 e. The minimum Gasteiger partial charge on any atom is -0.355 e. The molecule has 0 spiro atoms. The van der Waals surface area contributed by atoms with E-state index in [0.717, 1.165) is 12.3 Å². The lowest BCUT2D eigenvalue weighted by Gasteiger charge is -2.26. The van der Waals surface area contributed by atoms with Crippen molar-refractivity contribution in [1.82, 2.24) is 5.32 Å². The standard InChI is InChI=1S/C11H20N2OS/c1-15-5-4-13-11(14)9-7-2-3-8(6-7)10(9)12/h7-10H,2-6,12H2,1H3,(H,13,14). The van der Waals surface area contributed by atoms with E-state index in [2.05, 4.69) is 11.6 Å². The van der Waals surface area contributed by atoms with Crippen molar-refractivity contribution < 1.29 is 4.79 Å². The van der Waals surface area contributed by atoms with Gasteiger partial charge in [-0.05, 0) is 37.4 Å². The average molecular weight is 228 g/mol. The molecule has 0 aromatic rings. The monoisotopic (exact) mass is 228 g/mol. The van der Waals surface area contributed by atoms with Crippen molar-refractivity contribution in [3.63, 3.8) is 0 Å². The zero-order chi connectivity index (χ0) is 10.8. The van der Waals surface area contributed by atoms with E-state index in [-0.39, 0.29) is 17.9 Å². The second-order valence-electron chi connectivity index (χ2n) is 4.72. The van der Waals surface area contributed by atoms with Gasteiger partial charge in [-0.1, -0.05) is 0 Å². The van der Waals surface area contributed by atoms with Crippen LogP contribution in [0.25, 0.3) is 0 Å². The van der Waals surface area contributed by atoms with E-state index in [4.69, 9.17) is 5.73 Å². The van der Waals surface area contributed by atoms with E-state index < -0.39 is 0 Å². The van der Waals surface area contributed by atoms with Crippen LogP contribution in [0.5, 0.6) is 0 Å². The van der Waals surface area contributed by atoms with Gasteiger partial charge >= 0.3 is 0 Å². The van der Waals surface area contributed by atoms with Crippen LogP contribution in [0.4, 0.5) is 0 Å². The average Bonchev–Trinajstić information content (AvgIpc) is 2.78. The molecule has 2 bridgehead atoms. The molecule has 4 atom stereocenters. The second kappa shape index (κ2) is 4.74. The van der Waals surface area contributed by atoms with E-state index >= 15 is 0 Å². The van der Waals surface area contributed by atoms with Gasteiger partial charge in [0.2, 0.25) is 5.91 Å². The summed E-state index contributed by atoms with van der Waals surface area (Å²) in [5.41, 5.74) is 6.10. The van der Waals surface area contributed by atoms with Gasteiger partial charge in [0, 0.05) is 18.3 Å². The first-order valence-corrected chi connectivity index (χ1v) is 7.15. The number of fused-ring (bicyclic) bond motifs is 2. The number of nitrogens with two attached hydrogens (primary N) is 1. The smallest absolute Gasteiger partial charge is 0.224 e. The fraction of sp³-hybridized carbons (Fsp3) is 0.909. The molecule has 15 heavy (non-hydrogen) atoms. The molecule has 0 heterocycles. The quantitative estimate of drug-likeness (QED) is 0.701. The van der Waals surface area contributed by atoms with Gasteiger partial charge in [-0.15, -0.1) is 0 Å². The summed E-state index contributed by atoms with van der Waals surface area (Å²) in [5, 5.41) is 3.00. The molecule has 1 amide bonds. The molecule has 4 heteroatoms. The normalized spacial score (nSPS) is 38.3. The molecular weight excluding hydrogens is 208 g/mol. The number of carbonyl (C=O) groups excluding carboxylic acids is 1. The molecule has 0 aromatic heterocycles. The van der Waals surface area contributed by atoms with Crippen LogP contribution >= 0.6 is 11.8 Å². The van der Waals surface area contributed by atoms with Gasteiger partial charge in [0.25, 0.3) is 0 Å². The van der Waals surface area contributed by atoms with Crippen LogP contribution in [0.2, 0.25) is 0 Å². The molecule has 2 fully saturated rings. The molecule has 3 N–H and O–H groups in total. The maximum atomic E-state index is 11.9. The molecule has 0 saturated heterocycles. The zero-order valence-electron chi connectivity index (χ0n) is 9.24. The lowest BCUT2D eigenvalue weighted by atomic mass is 9.84. The van der Waals surface area contributed by atoms with Gasteiger partial charge in [-0.3, -0.25) is 4.79 Å². The first-order chi connectivity index (χ1) is 7.24. The van der Waals surface area contributed by atoms with Crippen LogP contribution in [0.1, 0.15) is 19.3 Å². The van der Waals surface area contributed by atoms with E-state index in [1.54, 1.807) is 11.8 Å². The maximum absolute atomic E-state index is 11.9. The summed E-state index contributed by atoms with van der Waals surface area (Å²) in [5.74, 6) is 2.47. The van der Waals surface area contributed by atoms with Crippen molar-refractivity contribution in [2.75, 3.05) is 18.6 Å². The molecule has 2 aliphatic carbocycles. The highest BCUT2D eigenvalue weighted by Crippen LogP contribution is 2.47. The fourth-order valence-electron chi connectivity index (χ4n) is 3.12. The third-order valence-corrected chi connectivity index (χ3v) is 4.50. The number of amides is 1. The number of hydrogen-bond acceptors (Lipinski definition) is 3. The topological polar surface area (TPSA) is 55.1 Å². The predicted molar refractivity (Wildman–Crippen MR) is 63.7 cm³/mol.